The number of hydrogen-bond donors (Lipinski definition) is 2. The molecule has 0 saturated carbocycles. The molecule has 1 heterocycles. The van der Waals surface area contributed by atoms with Crippen LogP contribution < -0.4 is 11.2 Å². The second-order valence-corrected chi connectivity index (χ2v) is 5.25. The molecule has 0 fully saturated rings. The van der Waals surface area contributed by atoms with E-state index in [2.05, 4.69) is 13.2 Å². The van der Waals surface area contributed by atoms with E-state index < -0.39 is 23.1 Å². The van der Waals surface area contributed by atoms with E-state index in [1.165, 1.54) is 6.26 Å². The van der Waals surface area contributed by atoms with E-state index in [1.807, 2.05) is 0 Å². The highest BCUT2D eigenvalue weighted by molar-refractivity contribution is 5.81. The minimum Gasteiger partial charge on any atom is -0.494 e. The zero-order chi connectivity index (χ0) is 20.2. The minimum absolute atomic E-state index is 0.00825. The summed E-state index contributed by atoms with van der Waals surface area (Å²) in [6.07, 6.45) is 2.43. The monoisotopic (exact) mass is 384 g/mol. The third kappa shape index (κ3) is 6.42. The smallest absolute Gasteiger partial charge is 0.333 e. The highest BCUT2D eigenvalue weighted by Gasteiger charge is 2.18. The molecule has 1 aromatic rings. The molecular weight excluding hydrogens is 360 g/mol. The lowest BCUT2D eigenvalue weighted by molar-refractivity contribution is -0.138. The van der Waals surface area contributed by atoms with Gasteiger partial charge in [0.25, 0.3) is 5.56 Å². The van der Waals surface area contributed by atoms with Crippen LogP contribution in [0.15, 0.2) is 35.1 Å². The fraction of sp³-hybridized carbons (Fsp3) is 0.471. The van der Waals surface area contributed by atoms with Crippen LogP contribution in [-0.2, 0) is 38.5 Å². The molecule has 0 aliphatic carbocycles. The van der Waals surface area contributed by atoms with E-state index in [0.717, 1.165) is 15.2 Å². The van der Waals surface area contributed by atoms with Gasteiger partial charge in [-0.3, -0.25) is 13.9 Å². The Bertz CT molecular complexity index is 765. The third-order valence-electron chi connectivity index (χ3n) is 3.52. The van der Waals surface area contributed by atoms with E-state index in [0.29, 0.717) is 6.42 Å². The maximum absolute atomic E-state index is 12.5. The molecule has 0 bridgehead atoms. The van der Waals surface area contributed by atoms with Crippen molar-refractivity contribution < 1.29 is 29.2 Å². The van der Waals surface area contributed by atoms with Crippen molar-refractivity contribution in [3.8, 4) is 5.88 Å². The zero-order valence-corrected chi connectivity index (χ0v) is 15.0. The Morgan fingerprint density at radius 3 is 2.52 bits per heavy atom. The Balaban J connectivity index is 3.01. The van der Waals surface area contributed by atoms with Crippen LogP contribution in [0.2, 0.25) is 0 Å². The summed E-state index contributed by atoms with van der Waals surface area (Å²) < 4.78 is 16.6. The van der Waals surface area contributed by atoms with Gasteiger partial charge in [0.05, 0.1) is 25.0 Å². The maximum atomic E-state index is 12.5. The van der Waals surface area contributed by atoms with Gasteiger partial charge in [-0.1, -0.05) is 13.2 Å². The lowest BCUT2D eigenvalue weighted by Crippen LogP contribution is -2.43. The van der Waals surface area contributed by atoms with Crippen LogP contribution in [0.1, 0.15) is 12.0 Å². The summed E-state index contributed by atoms with van der Waals surface area (Å²) in [6, 6.07) is 0. The first-order chi connectivity index (χ1) is 13.0. The SMILES string of the molecule is C=COCOCCCn1c(O)c(CCO)c(=O)n(CCOC(=O)C=C)c1=O. The summed E-state index contributed by atoms with van der Waals surface area (Å²) in [5, 5.41) is 19.4. The molecule has 10 heteroatoms. The Morgan fingerprint density at radius 2 is 1.89 bits per heavy atom. The molecule has 1 rings (SSSR count). The van der Waals surface area contributed by atoms with Crippen molar-refractivity contribution in [2.24, 2.45) is 0 Å². The van der Waals surface area contributed by atoms with Gasteiger partial charge < -0.3 is 24.4 Å². The highest BCUT2D eigenvalue weighted by atomic mass is 16.7. The van der Waals surface area contributed by atoms with Gasteiger partial charge in [-0.2, -0.15) is 0 Å². The van der Waals surface area contributed by atoms with Crippen molar-refractivity contribution in [1.82, 2.24) is 9.13 Å². The fourth-order valence-corrected chi connectivity index (χ4v) is 2.25. The number of aromatic hydroxyl groups is 1. The molecule has 1 aromatic heterocycles. The van der Waals surface area contributed by atoms with E-state index in [-0.39, 0.29) is 51.7 Å². The number of rotatable bonds is 13. The van der Waals surface area contributed by atoms with Crippen LogP contribution >= 0.6 is 0 Å². The predicted octanol–water partition coefficient (Wildman–Crippen LogP) is -0.496. The summed E-state index contributed by atoms with van der Waals surface area (Å²) in [5.74, 6) is -1.18. The highest BCUT2D eigenvalue weighted by Crippen LogP contribution is 2.12. The van der Waals surface area contributed by atoms with Gasteiger partial charge in [-0.25, -0.2) is 9.59 Å². The second-order valence-electron chi connectivity index (χ2n) is 5.25. The van der Waals surface area contributed by atoms with Crippen molar-refractivity contribution in [3.05, 3.63) is 51.9 Å². The lowest BCUT2D eigenvalue weighted by Gasteiger charge is -2.15. The van der Waals surface area contributed by atoms with Crippen molar-refractivity contribution in [1.29, 1.82) is 0 Å². The molecule has 2 N–H and O–H groups in total. The standard InChI is InChI=1S/C17H24N2O8/c1-3-14(21)27-11-8-19-16(23)13(6-9-20)15(22)18(17(19)24)7-5-10-26-12-25-4-2/h3-4,20,22H,1-2,5-12H2. The first kappa shape index (κ1) is 22.2. The molecule has 27 heavy (non-hydrogen) atoms. The van der Waals surface area contributed by atoms with Crippen LogP contribution in [0.4, 0.5) is 0 Å². The summed E-state index contributed by atoms with van der Waals surface area (Å²) in [6.45, 7) is 6.15. The zero-order valence-electron chi connectivity index (χ0n) is 15.0. The van der Waals surface area contributed by atoms with Crippen molar-refractivity contribution in [3.63, 3.8) is 0 Å². The van der Waals surface area contributed by atoms with Gasteiger partial charge in [0.15, 0.2) is 6.79 Å². The number of aliphatic hydroxyl groups excluding tert-OH is 1. The molecule has 0 amide bonds. The predicted molar refractivity (Wildman–Crippen MR) is 95.3 cm³/mol. The maximum Gasteiger partial charge on any atom is 0.333 e. The van der Waals surface area contributed by atoms with E-state index in [1.54, 1.807) is 0 Å². The van der Waals surface area contributed by atoms with Gasteiger partial charge in [-0.15, -0.1) is 0 Å². The summed E-state index contributed by atoms with van der Waals surface area (Å²) >= 11 is 0. The van der Waals surface area contributed by atoms with Crippen LogP contribution in [0.5, 0.6) is 5.88 Å². The molecule has 0 unspecified atom stereocenters. The quantitative estimate of drug-likeness (QED) is 0.153. The summed E-state index contributed by atoms with van der Waals surface area (Å²) in [5.41, 5.74) is -1.59. The van der Waals surface area contributed by atoms with Crippen molar-refractivity contribution in [2.45, 2.75) is 25.9 Å². The summed E-state index contributed by atoms with van der Waals surface area (Å²) in [4.78, 5) is 36.1. The number of carbonyl (C=O) groups excluding carboxylic acids is 1. The van der Waals surface area contributed by atoms with Gasteiger partial charge in [0.2, 0.25) is 5.88 Å². The van der Waals surface area contributed by atoms with Crippen LogP contribution in [0, 0.1) is 0 Å². The van der Waals surface area contributed by atoms with Crippen molar-refractivity contribution >= 4 is 5.97 Å². The molecule has 0 aliphatic rings. The molecule has 0 spiro atoms. The molecule has 0 saturated heterocycles. The van der Waals surface area contributed by atoms with E-state index >= 15 is 0 Å². The van der Waals surface area contributed by atoms with Gasteiger partial charge in [-0.05, 0) is 6.42 Å². The number of nitrogens with zero attached hydrogens (tertiary/aromatic N) is 2. The molecule has 0 radical (unpaired) electrons. The normalized spacial score (nSPS) is 10.4. The molecule has 0 aliphatic heterocycles. The first-order valence-electron chi connectivity index (χ1n) is 8.23. The minimum atomic E-state index is -0.754. The topological polar surface area (TPSA) is 129 Å². The van der Waals surface area contributed by atoms with Gasteiger partial charge in [0, 0.05) is 25.6 Å². The molecule has 0 aromatic carbocycles. The molecular formula is C17H24N2O8. The Hall–Kier alpha value is -2.85. The number of hydrogen-bond acceptors (Lipinski definition) is 8. The number of aliphatic hydroxyl groups is 1. The third-order valence-corrected chi connectivity index (χ3v) is 3.52. The van der Waals surface area contributed by atoms with Crippen LogP contribution in [0.3, 0.4) is 0 Å². The van der Waals surface area contributed by atoms with Crippen LogP contribution in [0.25, 0.3) is 0 Å². The Labute approximate surface area is 155 Å². The first-order valence-corrected chi connectivity index (χ1v) is 8.23. The summed E-state index contributed by atoms with van der Waals surface area (Å²) in [7, 11) is 0. The Kier molecular flexibility index (Phi) is 9.62. The second kappa shape index (κ2) is 11.7. The average Bonchev–Trinajstić information content (AvgIpc) is 2.66. The number of ether oxygens (including phenoxy) is 3. The van der Waals surface area contributed by atoms with Gasteiger partial charge in [0.1, 0.15) is 6.61 Å². The van der Waals surface area contributed by atoms with E-state index in [9.17, 15) is 19.5 Å². The number of aromatic nitrogens is 2. The van der Waals surface area contributed by atoms with Gasteiger partial charge >= 0.3 is 11.7 Å². The number of carbonyl (C=O) groups is 1. The molecule has 150 valence electrons. The molecule has 10 nitrogen and oxygen atoms in total. The largest absolute Gasteiger partial charge is 0.494 e. The molecule has 0 atom stereocenters. The number of esters is 1. The Morgan fingerprint density at radius 1 is 1.15 bits per heavy atom. The van der Waals surface area contributed by atoms with Crippen LogP contribution in [-0.4, -0.2) is 51.9 Å². The fourth-order valence-electron chi connectivity index (χ4n) is 2.25. The lowest BCUT2D eigenvalue weighted by atomic mass is 10.2. The van der Waals surface area contributed by atoms with E-state index in [4.69, 9.17) is 19.3 Å². The van der Waals surface area contributed by atoms with Crippen molar-refractivity contribution in [2.75, 3.05) is 26.6 Å². The average molecular weight is 384 g/mol.